The smallest absolute Gasteiger partial charge is 0.0601 e. The van der Waals surface area contributed by atoms with E-state index in [0.717, 1.165) is 16.3 Å². The Labute approximate surface area is 122 Å². The molecule has 0 spiro atoms. The van der Waals surface area contributed by atoms with E-state index >= 15 is 0 Å². The third-order valence-electron chi connectivity index (χ3n) is 3.37. The lowest BCUT2D eigenvalue weighted by molar-refractivity contribution is 0.550. The van der Waals surface area contributed by atoms with Gasteiger partial charge in [0.15, 0.2) is 0 Å². The van der Waals surface area contributed by atoms with Crippen LogP contribution < -0.4 is 11.3 Å². The van der Waals surface area contributed by atoms with Crippen molar-refractivity contribution < 1.29 is 0 Å². The summed E-state index contributed by atoms with van der Waals surface area (Å²) >= 11 is 10.3. The molecule has 1 heterocycles. The molecule has 1 fully saturated rings. The van der Waals surface area contributed by atoms with Crippen molar-refractivity contribution in [3.63, 3.8) is 0 Å². The van der Waals surface area contributed by atoms with E-state index < -0.39 is 0 Å². The lowest BCUT2D eigenvalue weighted by atomic mass is 10.0. The van der Waals surface area contributed by atoms with Crippen molar-refractivity contribution >= 4 is 35.1 Å². The third-order valence-corrected chi connectivity index (χ3v) is 7.20. The van der Waals surface area contributed by atoms with Crippen LogP contribution in [0.5, 0.6) is 0 Å². The lowest BCUT2D eigenvalue weighted by Gasteiger charge is -2.36. The maximum Gasteiger partial charge on any atom is 0.0601 e. The molecule has 3 N–H and O–H groups in total. The molecule has 1 aromatic carbocycles. The van der Waals surface area contributed by atoms with Gasteiger partial charge in [-0.15, -0.1) is 0 Å². The molecule has 4 atom stereocenters. The molecule has 2 rings (SSSR count). The fourth-order valence-corrected chi connectivity index (χ4v) is 5.45. The predicted molar refractivity (Wildman–Crippen MR) is 84.3 cm³/mol. The second-order valence-corrected chi connectivity index (χ2v) is 8.02. The van der Waals surface area contributed by atoms with Gasteiger partial charge in [0, 0.05) is 26.5 Å². The van der Waals surface area contributed by atoms with Crippen molar-refractivity contribution in [1.82, 2.24) is 5.43 Å². The number of nitrogens with two attached hydrogens (primary N) is 1. The standard InChI is InChI=1S/C13H19ClN2S2/c1-8-9(2)18-12(7-17-8)13(16-15)10-5-3-4-6-11(10)14/h3-6,8-9,12-13,16H,7,15H2,1-2H3. The highest BCUT2D eigenvalue weighted by atomic mass is 35.5. The Morgan fingerprint density at radius 1 is 1.33 bits per heavy atom. The first-order chi connectivity index (χ1) is 8.63. The first kappa shape index (κ1) is 14.5. The van der Waals surface area contributed by atoms with Crippen LogP contribution in [0, 0.1) is 0 Å². The molecule has 0 aliphatic carbocycles. The van der Waals surface area contributed by atoms with E-state index in [1.54, 1.807) is 0 Å². The fraction of sp³-hybridized carbons (Fsp3) is 0.538. The fourth-order valence-electron chi connectivity index (χ4n) is 2.11. The van der Waals surface area contributed by atoms with Crippen molar-refractivity contribution in [3.05, 3.63) is 34.9 Å². The minimum atomic E-state index is 0.117. The Kier molecular flexibility index (Phi) is 5.27. The van der Waals surface area contributed by atoms with Gasteiger partial charge in [-0.2, -0.15) is 23.5 Å². The molecule has 0 bridgehead atoms. The summed E-state index contributed by atoms with van der Waals surface area (Å²) in [5.74, 6) is 6.86. The van der Waals surface area contributed by atoms with Crippen molar-refractivity contribution in [3.8, 4) is 0 Å². The molecule has 1 aliphatic rings. The number of hydrogen-bond donors (Lipinski definition) is 2. The minimum Gasteiger partial charge on any atom is -0.271 e. The summed E-state index contributed by atoms with van der Waals surface area (Å²) in [6.07, 6.45) is 0. The zero-order chi connectivity index (χ0) is 13.1. The van der Waals surface area contributed by atoms with Crippen LogP contribution in [0.3, 0.4) is 0 Å². The van der Waals surface area contributed by atoms with Gasteiger partial charge in [0.1, 0.15) is 0 Å². The molecule has 1 aromatic rings. The third kappa shape index (κ3) is 3.17. The number of rotatable bonds is 3. The Bertz CT molecular complexity index is 402. The van der Waals surface area contributed by atoms with Gasteiger partial charge >= 0.3 is 0 Å². The maximum absolute atomic E-state index is 6.27. The van der Waals surface area contributed by atoms with Gasteiger partial charge in [-0.3, -0.25) is 11.3 Å². The van der Waals surface area contributed by atoms with Crippen LogP contribution in [0.2, 0.25) is 5.02 Å². The molecular weight excluding hydrogens is 284 g/mol. The second kappa shape index (κ2) is 6.53. The highest BCUT2D eigenvalue weighted by molar-refractivity contribution is 8.07. The second-order valence-electron chi connectivity index (χ2n) is 4.58. The molecule has 0 radical (unpaired) electrons. The number of halogens is 1. The summed E-state index contributed by atoms with van der Waals surface area (Å²) in [6.45, 7) is 4.58. The van der Waals surface area contributed by atoms with E-state index in [1.807, 2.05) is 41.7 Å². The molecule has 2 nitrogen and oxygen atoms in total. The highest BCUT2D eigenvalue weighted by Crippen LogP contribution is 2.41. The van der Waals surface area contributed by atoms with Crippen molar-refractivity contribution in [2.75, 3.05) is 5.75 Å². The molecular formula is C13H19ClN2S2. The molecule has 100 valence electrons. The normalized spacial score (nSPS) is 30.1. The van der Waals surface area contributed by atoms with Crippen molar-refractivity contribution in [2.45, 2.75) is 35.6 Å². The first-order valence-electron chi connectivity index (χ1n) is 6.11. The van der Waals surface area contributed by atoms with Gasteiger partial charge in [0.05, 0.1) is 6.04 Å². The maximum atomic E-state index is 6.27. The van der Waals surface area contributed by atoms with E-state index in [-0.39, 0.29) is 6.04 Å². The zero-order valence-electron chi connectivity index (χ0n) is 10.6. The summed E-state index contributed by atoms with van der Waals surface area (Å²) in [7, 11) is 0. The van der Waals surface area contributed by atoms with Gasteiger partial charge in [-0.25, -0.2) is 0 Å². The molecule has 18 heavy (non-hydrogen) atoms. The van der Waals surface area contributed by atoms with Crippen LogP contribution in [-0.2, 0) is 0 Å². The topological polar surface area (TPSA) is 38.0 Å². The summed E-state index contributed by atoms with van der Waals surface area (Å²) in [5, 5.41) is 2.60. The average Bonchev–Trinajstić information content (AvgIpc) is 2.37. The van der Waals surface area contributed by atoms with Crippen LogP contribution in [0.4, 0.5) is 0 Å². The molecule has 1 aliphatic heterocycles. The molecule has 0 amide bonds. The molecule has 1 saturated heterocycles. The summed E-state index contributed by atoms with van der Waals surface area (Å²) in [5.41, 5.74) is 4.04. The van der Waals surface area contributed by atoms with Crippen LogP contribution in [0.15, 0.2) is 24.3 Å². The highest BCUT2D eigenvalue weighted by Gasteiger charge is 2.32. The summed E-state index contributed by atoms with van der Waals surface area (Å²) in [4.78, 5) is 0. The van der Waals surface area contributed by atoms with Crippen molar-refractivity contribution in [2.24, 2.45) is 5.84 Å². The molecule has 0 aromatic heterocycles. The monoisotopic (exact) mass is 302 g/mol. The Hall–Kier alpha value is 0.130. The van der Waals surface area contributed by atoms with Crippen LogP contribution in [-0.4, -0.2) is 21.5 Å². The van der Waals surface area contributed by atoms with Gasteiger partial charge in [-0.1, -0.05) is 43.6 Å². The Morgan fingerprint density at radius 3 is 2.67 bits per heavy atom. The predicted octanol–water partition coefficient (Wildman–Crippen LogP) is 3.47. The molecule has 4 unspecified atom stereocenters. The average molecular weight is 303 g/mol. The number of hydrogen-bond acceptors (Lipinski definition) is 4. The van der Waals surface area contributed by atoms with Gasteiger partial charge in [0.25, 0.3) is 0 Å². The van der Waals surface area contributed by atoms with Crippen LogP contribution in [0.1, 0.15) is 25.5 Å². The number of nitrogens with one attached hydrogen (secondary N) is 1. The summed E-state index contributed by atoms with van der Waals surface area (Å²) < 4.78 is 0. The van der Waals surface area contributed by atoms with E-state index in [2.05, 4.69) is 25.3 Å². The van der Waals surface area contributed by atoms with E-state index in [9.17, 15) is 0 Å². The van der Waals surface area contributed by atoms with E-state index in [1.165, 1.54) is 0 Å². The zero-order valence-corrected chi connectivity index (χ0v) is 13.0. The molecule has 5 heteroatoms. The molecule has 0 saturated carbocycles. The SMILES string of the molecule is CC1SCC(C(NN)c2ccccc2Cl)SC1C. The van der Waals surface area contributed by atoms with Crippen LogP contribution in [0.25, 0.3) is 0 Å². The largest absolute Gasteiger partial charge is 0.271 e. The van der Waals surface area contributed by atoms with E-state index in [4.69, 9.17) is 17.4 Å². The van der Waals surface area contributed by atoms with Gasteiger partial charge < -0.3 is 0 Å². The Balaban J connectivity index is 2.17. The van der Waals surface area contributed by atoms with Crippen molar-refractivity contribution in [1.29, 1.82) is 0 Å². The number of thioether (sulfide) groups is 2. The Morgan fingerprint density at radius 2 is 2.06 bits per heavy atom. The first-order valence-corrected chi connectivity index (χ1v) is 8.48. The number of hydrazine groups is 1. The summed E-state index contributed by atoms with van der Waals surface area (Å²) in [6, 6.07) is 8.06. The van der Waals surface area contributed by atoms with Crippen LogP contribution >= 0.6 is 35.1 Å². The minimum absolute atomic E-state index is 0.117. The number of benzene rings is 1. The lowest BCUT2D eigenvalue weighted by Crippen LogP contribution is -2.40. The quantitative estimate of drug-likeness (QED) is 0.662. The van der Waals surface area contributed by atoms with E-state index in [0.29, 0.717) is 15.7 Å². The van der Waals surface area contributed by atoms with Gasteiger partial charge in [-0.05, 0) is 11.6 Å². The van der Waals surface area contributed by atoms with Gasteiger partial charge in [0.2, 0.25) is 0 Å².